The molecule has 13 heavy (non-hydrogen) atoms. The fraction of sp³-hybridized carbons (Fsp3) is 0.100. The number of hydrogen-bond donors (Lipinski definition) is 0. The Morgan fingerprint density at radius 1 is 1.54 bits per heavy atom. The van der Waals surface area contributed by atoms with Gasteiger partial charge >= 0.3 is 0 Å². The maximum atomic E-state index is 4.29. The van der Waals surface area contributed by atoms with Crippen LogP contribution in [-0.4, -0.2) is 11.2 Å². The van der Waals surface area contributed by atoms with Gasteiger partial charge in [0.25, 0.3) is 0 Å². The van der Waals surface area contributed by atoms with Gasteiger partial charge in [-0.05, 0) is 35.4 Å². The van der Waals surface area contributed by atoms with Gasteiger partial charge in [-0.3, -0.25) is 0 Å². The molecule has 1 nitrogen and oxygen atoms in total. The molecule has 0 radical (unpaired) electrons. The van der Waals surface area contributed by atoms with Crippen molar-refractivity contribution < 1.29 is 0 Å². The summed E-state index contributed by atoms with van der Waals surface area (Å²) >= 11 is 3.40. The van der Waals surface area contributed by atoms with Crippen LogP contribution in [0.4, 0.5) is 0 Å². The zero-order valence-electron chi connectivity index (χ0n) is 7.23. The number of pyridine rings is 1. The topological polar surface area (TPSA) is 12.9 Å². The van der Waals surface area contributed by atoms with Crippen molar-refractivity contribution in [3.63, 3.8) is 0 Å². The molecule has 0 unspecified atom stereocenters. The highest BCUT2D eigenvalue weighted by molar-refractivity contribution is 8.01. The first-order valence-corrected chi connectivity index (χ1v) is 6.10. The van der Waals surface area contributed by atoms with Crippen molar-refractivity contribution in [1.29, 1.82) is 0 Å². The smallest absolute Gasteiger partial charge is 0.123 e. The third-order valence-electron chi connectivity index (χ3n) is 1.76. The van der Waals surface area contributed by atoms with Crippen LogP contribution in [0.15, 0.2) is 29.1 Å². The summed E-state index contributed by atoms with van der Waals surface area (Å²) in [6.45, 7) is 0. The first-order valence-electron chi connectivity index (χ1n) is 3.93. The minimum absolute atomic E-state index is 1.11. The van der Waals surface area contributed by atoms with Crippen molar-refractivity contribution in [3.8, 4) is 0 Å². The van der Waals surface area contributed by atoms with Crippen LogP contribution in [0, 0.1) is 0 Å². The molecule has 2 heterocycles. The standard InChI is InChI=1S/C10H9NS2/c1-12-6-4-8-7-13-10-9(8)3-2-5-11-10/h2-7H,1H3/b6-4-. The second-order valence-corrected chi connectivity index (χ2v) is 4.19. The van der Waals surface area contributed by atoms with Crippen molar-refractivity contribution in [1.82, 2.24) is 4.98 Å². The molecule has 2 aromatic rings. The molecule has 0 aliphatic heterocycles. The molecule has 0 saturated heterocycles. The first-order chi connectivity index (χ1) is 6.42. The Bertz CT molecular complexity index is 431. The first kappa shape index (κ1) is 8.78. The van der Waals surface area contributed by atoms with Crippen molar-refractivity contribution in [2.45, 2.75) is 0 Å². The molecular weight excluding hydrogens is 198 g/mol. The molecule has 2 rings (SSSR count). The van der Waals surface area contributed by atoms with Gasteiger partial charge < -0.3 is 0 Å². The third-order valence-corrected chi connectivity index (χ3v) is 3.09. The van der Waals surface area contributed by atoms with E-state index in [0.29, 0.717) is 0 Å². The summed E-state index contributed by atoms with van der Waals surface area (Å²) in [7, 11) is 0. The van der Waals surface area contributed by atoms with E-state index in [1.807, 2.05) is 12.3 Å². The van der Waals surface area contributed by atoms with Crippen LogP contribution in [0.25, 0.3) is 16.3 Å². The lowest BCUT2D eigenvalue weighted by molar-refractivity contribution is 1.45. The molecule has 2 aromatic heterocycles. The summed E-state index contributed by atoms with van der Waals surface area (Å²) in [5.41, 5.74) is 1.27. The molecule has 0 spiro atoms. The Balaban J connectivity index is 2.52. The van der Waals surface area contributed by atoms with Crippen molar-refractivity contribution in [2.24, 2.45) is 0 Å². The van der Waals surface area contributed by atoms with Crippen LogP contribution in [-0.2, 0) is 0 Å². The van der Waals surface area contributed by atoms with Crippen LogP contribution >= 0.6 is 23.1 Å². The molecule has 0 saturated carbocycles. The Morgan fingerprint density at radius 2 is 2.46 bits per heavy atom. The predicted octanol–water partition coefficient (Wildman–Crippen LogP) is 3.63. The van der Waals surface area contributed by atoms with E-state index in [9.17, 15) is 0 Å². The highest BCUT2D eigenvalue weighted by atomic mass is 32.2. The van der Waals surface area contributed by atoms with Gasteiger partial charge in [-0.25, -0.2) is 4.98 Å². The number of aromatic nitrogens is 1. The molecule has 0 aliphatic rings. The van der Waals surface area contributed by atoms with Crippen molar-refractivity contribution >= 4 is 39.4 Å². The largest absolute Gasteiger partial charge is 0.245 e. The van der Waals surface area contributed by atoms with Gasteiger partial charge in [-0.15, -0.1) is 23.1 Å². The predicted molar refractivity (Wildman–Crippen MR) is 62.2 cm³/mol. The normalized spacial score (nSPS) is 11.5. The van der Waals surface area contributed by atoms with E-state index in [1.54, 1.807) is 23.1 Å². The Hall–Kier alpha value is -0.800. The van der Waals surface area contributed by atoms with Gasteiger partial charge in [0.2, 0.25) is 0 Å². The minimum atomic E-state index is 1.11. The molecule has 66 valence electrons. The molecule has 0 bridgehead atoms. The lowest BCUT2D eigenvalue weighted by atomic mass is 10.2. The van der Waals surface area contributed by atoms with Gasteiger partial charge in [-0.1, -0.05) is 0 Å². The van der Waals surface area contributed by atoms with Gasteiger partial charge in [0.15, 0.2) is 0 Å². The van der Waals surface area contributed by atoms with Gasteiger partial charge in [-0.2, -0.15) is 0 Å². The zero-order valence-corrected chi connectivity index (χ0v) is 8.86. The number of fused-ring (bicyclic) bond motifs is 1. The van der Waals surface area contributed by atoms with Crippen LogP contribution < -0.4 is 0 Å². The van der Waals surface area contributed by atoms with Gasteiger partial charge in [0.05, 0.1) is 0 Å². The summed E-state index contributed by atoms with van der Waals surface area (Å²) in [4.78, 5) is 5.40. The maximum Gasteiger partial charge on any atom is 0.123 e. The van der Waals surface area contributed by atoms with E-state index in [4.69, 9.17) is 0 Å². The van der Waals surface area contributed by atoms with E-state index in [-0.39, 0.29) is 0 Å². The minimum Gasteiger partial charge on any atom is -0.245 e. The molecular formula is C10H9NS2. The molecule has 0 aromatic carbocycles. The Morgan fingerprint density at radius 3 is 3.31 bits per heavy atom. The quantitative estimate of drug-likeness (QED) is 0.746. The second-order valence-electron chi connectivity index (χ2n) is 2.59. The summed E-state index contributed by atoms with van der Waals surface area (Å²) in [5, 5.41) is 5.48. The molecule has 0 atom stereocenters. The summed E-state index contributed by atoms with van der Waals surface area (Å²) in [6, 6.07) is 4.09. The van der Waals surface area contributed by atoms with Crippen LogP contribution in [0.5, 0.6) is 0 Å². The number of rotatable bonds is 2. The highest BCUT2D eigenvalue weighted by Crippen LogP contribution is 2.24. The fourth-order valence-electron chi connectivity index (χ4n) is 1.16. The SMILES string of the molecule is CS/C=C\c1csc2ncccc12. The van der Waals surface area contributed by atoms with Crippen molar-refractivity contribution in [3.05, 3.63) is 34.7 Å². The average molecular weight is 207 g/mol. The fourth-order valence-corrected chi connectivity index (χ4v) is 2.32. The van der Waals surface area contributed by atoms with Crippen LogP contribution in [0.2, 0.25) is 0 Å². The van der Waals surface area contributed by atoms with E-state index >= 15 is 0 Å². The molecule has 0 aliphatic carbocycles. The van der Waals surface area contributed by atoms with Crippen LogP contribution in [0.1, 0.15) is 5.56 Å². The van der Waals surface area contributed by atoms with Gasteiger partial charge in [0.1, 0.15) is 4.83 Å². The molecule has 3 heteroatoms. The summed E-state index contributed by atoms with van der Waals surface area (Å²) in [5.74, 6) is 0. The summed E-state index contributed by atoms with van der Waals surface area (Å²) in [6.07, 6.45) is 6.02. The van der Waals surface area contributed by atoms with E-state index in [2.05, 4.69) is 34.2 Å². The van der Waals surface area contributed by atoms with Crippen molar-refractivity contribution in [2.75, 3.05) is 6.26 Å². The third kappa shape index (κ3) is 1.76. The Kier molecular flexibility index (Phi) is 2.66. The Labute approximate surface area is 85.5 Å². The molecule has 0 amide bonds. The second kappa shape index (κ2) is 3.94. The lowest BCUT2D eigenvalue weighted by Crippen LogP contribution is -1.70. The number of hydrogen-bond acceptors (Lipinski definition) is 3. The average Bonchev–Trinajstić information content (AvgIpc) is 2.58. The maximum absolute atomic E-state index is 4.29. The number of nitrogens with zero attached hydrogens (tertiary/aromatic N) is 1. The molecule has 0 fully saturated rings. The van der Waals surface area contributed by atoms with E-state index in [1.165, 1.54) is 10.9 Å². The monoisotopic (exact) mass is 207 g/mol. The van der Waals surface area contributed by atoms with Gasteiger partial charge in [0, 0.05) is 17.0 Å². The van der Waals surface area contributed by atoms with E-state index in [0.717, 1.165) is 4.83 Å². The number of thiophene rings is 1. The van der Waals surface area contributed by atoms with Crippen LogP contribution in [0.3, 0.4) is 0 Å². The summed E-state index contributed by atoms with van der Waals surface area (Å²) < 4.78 is 0. The zero-order chi connectivity index (χ0) is 9.10. The molecule has 0 N–H and O–H groups in total. The number of thioether (sulfide) groups is 1. The lowest BCUT2D eigenvalue weighted by Gasteiger charge is -1.89. The van der Waals surface area contributed by atoms with E-state index < -0.39 is 0 Å². The highest BCUT2D eigenvalue weighted by Gasteiger charge is 1.99.